The van der Waals surface area contributed by atoms with E-state index in [0.717, 1.165) is 17.1 Å². The summed E-state index contributed by atoms with van der Waals surface area (Å²) in [4.78, 5) is 22.7. The molecule has 20 heavy (non-hydrogen) atoms. The van der Waals surface area contributed by atoms with Gasteiger partial charge in [0, 0.05) is 5.56 Å². The zero-order chi connectivity index (χ0) is 15.3. The van der Waals surface area contributed by atoms with Crippen LogP contribution in [-0.4, -0.2) is 23.1 Å². The first kappa shape index (κ1) is 15.8. The molecule has 2 amide bonds. The van der Waals surface area contributed by atoms with Gasteiger partial charge in [-0.25, -0.2) is 9.59 Å². The Bertz CT molecular complexity index is 507. The summed E-state index contributed by atoms with van der Waals surface area (Å²) >= 11 is 0. The molecule has 110 valence electrons. The summed E-state index contributed by atoms with van der Waals surface area (Å²) in [6, 6.07) is 0.0566. The zero-order valence-electron chi connectivity index (χ0n) is 11.9. The Hall–Kier alpha value is -2.24. The molecular weight excluding hydrogens is 260 g/mol. The summed E-state index contributed by atoms with van der Waals surface area (Å²) < 4.78 is 5.40. The highest BCUT2D eigenvalue weighted by Gasteiger charge is 2.20. The molecule has 0 aliphatic carbocycles. The number of urea groups is 1. The van der Waals surface area contributed by atoms with Crippen LogP contribution in [0.3, 0.4) is 0 Å². The molecule has 2 unspecified atom stereocenters. The van der Waals surface area contributed by atoms with Gasteiger partial charge in [0.25, 0.3) is 0 Å². The van der Waals surface area contributed by atoms with Crippen LogP contribution < -0.4 is 10.6 Å². The second-order valence-corrected chi connectivity index (χ2v) is 4.62. The van der Waals surface area contributed by atoms with E-state index >= 15 is 0 Å². The maximum absolute atomic E-state index is 11.8. The minimum Gasteiger partial charge on any atom is -0.480 e. The Kier molecular flexibility index (Phi) is 5.37. The number of aliphatic carboxylic acids is 1. The lowest BCUT2D eigenvalue weighted by Gasteiger charge is -2.17. The first-order chi connectivity index (χ1) is 9.35. The molecular formula is C14H20N2O4. The molecule has 2 atom stereocenters. The Balaban J connectivity index is 2.63. The average molecular weight is 280 g/mol. The van der Waals surface area contributed by atoms with Crippen LogP contribution in [0, 0.1) is 13.8 Å². The number of amides is 2. The van der Waals surface area contributed by atoms with Crippen LogP contribution >= 0.6 is 0 Å². The monoisotopic (exact) mass is 280 g/mol. The molecule has 0 aliphatic heterocycles. The summed E-state index contributed by atoms with van der Waals surface area (Å²) in [5.74, 6) is 0.404. The second-order valence-electron chi connectivity index (χ2n) is 4.62. The van der Waals surface area contributed by atoms with E-state index in [4.69, 9.17) is 9.52 Å². The van der Waals surface area contributed by atoms with Crippen LogP contribution in [0.2, 0.25) is 0 Å². The molecule has 6 nitrogen and oxygen atoms in total. The van der Waals surface area contributed by atoms with Gasteiger partial charge in [0.1, 0.15) is 17.6 Å². The first-order valence-electron chi connectivity index (χ1n) is 6.32. The second kappa shape index (κ2) is 6.79. The fourth-order valence-electron chi connectivity index (χ4n) is 1.94. The summed E-state index contributed by atoms with van der Waals surface area (Å²) in [7, 11) is 0. The number of carbonyl (C=O) groups is 2. The number of hydrogen-bond donors (Lipinski definition) is 3. The number of furan rings is 1. The highest BCUT2D eigenvalue weighted by Crippen LogP contribution is 2.20. The molecule has 0 saturated carbocycles. The third-order valence-corrected chi connectivity index (χ3v) is 2.90. The maximum Gasteiger partial charge on any atom is 0.326 e. The number of aryl methyl sites for hydroxylation is 2. The van der Waals surface area contributed by atoms with Gasteiger partial charge < -0.3 is 20.2 Å². The van der Waals surface area contributed by atoms with Gasteiger partial charge in [-0.05, 0) is 33.3 Å². The van der Waals surface area contributed by atoms with Crippen molar-refractivity contribution in [3.05, 3.63) is 35.8 Å². The molecule has 1 rings (SSSR count). The number of hydrogen-bond acceptors (Lipinski definition) is 3. The molecule has 0 spiro atoms. The predicted molar refractivity (Wildman–Crippen MR) is 74.5 cm³/mol. The van der Waals surface area contributed by atoms with Gasteiger partial charge in [-0.3, -0.25) is 0 Å². The smallest absolute Gasteiger partial charge is 0.326 e. The molecule has 1 aromatic heterocycles. The third-order valence-electron chi connectivity index (χ3n) is 2.90. The molecule has 0 bridgehead atoms. The lowest BCUT2D eigenvalue weighted by molar-refractivity contribution is -0.139. The molecule has 0 fully saturated rings. The molecule has 0 radical (unpaired) electrons. The van der Waals surface area contributed by atoms with E-state index in [2.05, 4.69) is 17.2 Å². The van der Waals surface area contributed by atoms with Crippen molar-refractivity contribution in [1.29, 1.82) is 0 Å². The normalized spacial score (nSPS) is 13.3. The molecule has 3 N–H and O–H groups in total. The minimum absolute atomic E-state index is 0.168. The number of nitrogens with one attached hydrogen (secondary N) is 2. The fraction of sp³-hybridized carbons (Fsp3) is 0.429. The molecule has 1 aromatic rings. The van der Waals surface area contributed by atoms with E-state index in [1.54, 1.807) is 6.92 Å². The summed E-state index contributed by atoms with van der Waals surface area (Å²) in [5, 5.41) is 14.0. The van der Waals surface area contributed by atoms with Crippen molar-refractivity contribution in [1.82, 2.24) is 10.6 Å². The van der Waals surface area contributed by atoms with Crippen LogP contribution in [0.1, 0.15) is 36.5 Å². The van der Waals surface area contributed by atoms with Crippen molar-refractivity contribution in [3.63, 3.8) is 0 Å². The predicted octanol–water partition coefficient (Wildman–Crippen LogP) is 2.29. The standard InChI is InChI=1S/C14H20N2O4/c1-5-6-12(13(17)18)16-14(19)15-9(3)11-7-8(2)20-10(11)4/h5,7,9,12H,1,6H2,2-4H3,(H,17,18)(H2,15,16,19). The van der Waals surface area contributed by atoms with Gasteiger partial charge in [-0.1, -0.05) is 6.08 Å². The van der Waals surface area contributed by atoms with Gasteiger partial charge in [0.2, 0.25) is 0 Å². The van der Waals surface area contributed by atoms with Crippen molar-refractivity contribution in [2.75, 3.05) is 0 Å². The van der Waals surface area contributed by atoms with Gasteiger partial charge in [-0.2, -0.15) is 0 Å². The van der Waals surface area contributed by atoms with Gasteiger partial charge in [0.05, 0.1) is 6.04 Å². The van der Waals surface area contributed by atoms with Crippen molar-refractivity contribution in [3.8, 4) is 0 Å². The van der Waals surface area contributed by atoms with Gasteiger partial charge in [-0.15, -0.1) is 6.58 Å². The number of rotatable bonds is 6. The molecule has 1 heterocycles. The van der Waals surface area contributed by atoms with Crippen molar-refractivity contribution in [2.24, 2.45) is 0 Å². The Labute approximate surface area is 117 Å². The Morgan fingerprint density at radius 2 is 2.10 bits per heavy atom. The summed E-state index contributed by atoms with van der Waals surface area (Å²) in [6.45, 7) is 8.91. The van der Waals surface area contributed by atoms with Gasteiger partial charge >= 0.3 is 12.0 Å². The highest BCUT2D eigenvalue weighted by molar-refractivity contribution is 5.82. The minimum atomic E-state index is -1.09. The van der Waals surface area contributed by atoms with E-state index in [9.17, 15) is 9.59 Å². The number of carboxylic acids is 1. The average Bonchev–Trinajstić information content (AvgIpc) is 2.67. The van der Waals surface area contributed by atoms with E-state index in [1.807, 2.05) is 19.9 Å². The highest BCUT2D eigenvalue weighted by atomic mass is 16.4. The van der Waals surface area contributed by atoms with Crippen molar-refractivity contribution >= 4 is 12.0 Å². The zero-order valence-corrected chi connectivity index (χ0v) is 11.9. The summed E-state index contributed by atoms with van der Waals surface area (Å²) in [5.41, 5.74) is 0.869. The van der Waals surface area contributed by atoms with Crippen molar-refractivity contribution < 1.29 is 19.1 Å². The lowest BCUT2D eigenvalue weighted by atomic mass is 10.1. The quantitative estimate of drug-likeness (QED) is 0.697. The van der Waals surface area contributed by atoms with Crippen LogP contribution in [0.5, 0.6) is 0 Å². The number of carboxylic acid groups (broad SMARTS) is 1. The third kappa shape index (κ3) is 4.15. The molecule has 0 aromatic carbocycles. The van der Waals surface area contributed by atoms with Crippen LogP contribution in [-0.2, 0) is 4.79 Å². The van der Waals surface area contributed by atoms with Crippen LogP contribution in [0.15, 0.2) is 23.1 Å². The first-order valence-corrected chi connectivity index (χ1v) is 6.32. The van der Waals surface area contributed by atoms with E-state index < -0.39 is 18.0 Å². The van der Waals surface area contributed by atoms with E-state index in [1.165, 1.54) is 6.08 Å². The Morgan fingerprint density at radius 1 is 1.45 bits per heavy atom. The van der Waals surface area contributed by atoms with Gasteiger partial charge in [0.15, 0.2) is 0 Å². The molecule has 0 aliphatic rings. The maximum atomic E-state index is 11.8. The number of carbonyl (C=O) groups excluding carboxylic acids is 1. The lowest BCUT2D eigenvalue weighted by Crippen LogP contribution is -2.46. The fourth-order valence-corrected chi connectivity index (χ4v) is 1.94. The Morgan fingerprint density at radius 3 is 2.55 bits per heavy atom. The molecule has 6 heteroatoms. The molecule has 0 saturated heterocycles. The van der Waals surface area contributed by atoms with E-state index in [-0.39, 0.29) is 12.5 Å². The SMILES string of the molecule is C=CCC(NC(=O)NC(C)c1cc(C)oc1C)C(=O)O. The van der Waals surface area contributed by atoms with Crippen LogP contribution in [0.4, 0.5) is 4.79 Å². The summed E-state index contributed by atoms with van der Waals surface area (Å²) in [6.07, 6.45) is 1.62. The largest absolute Gasteiger partial charge is 0.480 e. The van der Waals surface area contributed by atoms with Crippen molar-refractivity contribution in [2.45, 2.75) is 39.3 Å². The van der Waals surface area contributed by atoms with Crippen LogP contribution in [0.25, 0.3) is 0 Å². The van der Waals surface area contributed by atoms with E-state index in [0.29, 0.717) is 0 Å². The topological polar surface area (TPSA) is 91.6 Å².